The lowest BCUT2D eigenvalue weighted by Gasteiger charge is -2.08. The zero-order valence-corrected chi connectivity index (χ0v) is 9.92. The molecule has 0 aromatic carbocycles. The smallest absolute Gasteiger partial charge is 0.305 e. The van der Waals surface area contributed by atoms with E-state index in [0.29, 0.717) is 19.1 Å². The Balaban J connectivity index is 3.17. The van der Waals surface area contributed by atoms with Crippen molar-refractivity contribution in [3.63, 3.8) is 0 Å². The van der Waals surface area contributed by atoms with Crippen molar-refractivity contribution in [2.75, 3.05) is 13.2 Å². The van der Waals surface area contributed by atoms with Crippen LogP contribution in [0.25, 0.3) is 0 Å². The fraction of sp³-hybridized carbons (Fsp3) is 0.750. The molecule has 0 rings (SSSR count). The number of ether oxygens (including phenoxy) is 1. The van der Waals surface area contributed by atoms with Crippen LogP contribution < -0.4 is 5.32 Å². The summed E-state index contributed by atoms with van der Waals surface area (Å²) in [5, 5.41) is 3.31. The third-order valence-electron chi connectivity index (χ3n) is 2.18. The number of esters is 1. The molecule has 88 valence electrons. The van der Waals surface area contributed by atoms with Crippen LogP contribution in [0, 0.1) is 0 Å². The van der Waals surface area contributed by atoms with Crippen LogP contribution in [0.3, 0.4) is 0 Å². The second-order valence-electron chi connectivity index (χ2n) is 3.59. The quantitative estimate of drug-likeness (QED) is 0.363. The molecule has 3 nitrogen and oxygen atoms in total. The predicted molar refractivity (Wildman–Crippen MR) is 62.8 cm³/mol. The predicted octanol–water partition coefficient (Wildman–Crippen LogP) is 2.27. The van der Waals surface area contributed by atoms with E-state index < -0.39 is 0 Å². The second-order valence-corrected chi connectivity index (χ2v) is 3.59. The van der Waals surface area contributed by atoms with Crippen molar-refractivity contribution < 1.29 is 9.53 Å². The molecule has 0 heterocycles. The van der Waals surface area contributed by atoms with Gasteiger partial charge in [-0.1, -0.05) is 12.5 Å². The Morgan fingerprint density at radius 3 is 2.80 bits per heavy atom. The lowest BCUT2D eigenvalue weighted by molar-refractivity contribution is -0.143. The van der Waals surface area contributed by atoms with Gasteiger partial charge in [-0.2, -0.15) is 0 Å². The average molecular weight is 213 g/mol. The highest BCUT2D eigenvalue weighted by molar-refractivity contribution is 5.69. The van der Waals surface area contributed by atoms with Gasteiger partial charge >= 0.3 is 5.97 Å². The Morgan fingerprint density at radius 1 is 1.47 bits per heavy atom. The summed E-state index contributed by atoms with van der Waals surface area (Å²) >= 11 is 0. The van der Waals surface area contributed by atoms with Crippen LogP contribution in [0.4, 0.5) is 0 Å². The van der Waals surface area contributed by atoms with E-state index >= 15 is 0 Å². The van der Waals surface area contributed by atoms with Crippen LogP contribution in [-0.4, -0.2) is 25.2 Å². The Kier molecular flexibility index (Phi) is 9.18. The summed E-state index contributed by atoms with van der Waals surface area (Å²) in [5.41, 5.74) is 0. The van der Waals surface area contributed by atoms with Gasteiger partial charge in [0.2, 0.25) is 0 Å². The first-order chi connectivity index (χ1) is 7.20. The summed E-state index contributed by atoms with van der Waals surface area (Å²) in [6, 6.07) is 0.370. The molecule has 3 heteroatoms. The van der Waals surface area contributed by atoms with Gasteiger partial charge in [0.15, 0.2) is 0 Å². The second kappa shape index (κ2) is 9.71. The number of unbranched alkanes of at least 4 members (excludes halogenated alkanes) is 2. The molecule has 0 fully saturated rings. The summed E-state index contributed by atoms with van der Waals surface area (Å²) in [5.74, 6) is -0.0788. The average Bonchev–Trinajstić information content (AvgIpc) is 2.23. The highest BCUT2D eigenvalue weighted by Gasteiger charge is 2.00. The normalized spacial score (nSPS) is 12.1. The molecule has 1 atom stereocenters. The molecule has 0 bridgehead atoms. The molecule has 0 amide bonds. The van der Waals surface area contributed by atoms with Crippen molar-refractivity contribution in [2.24, 2.45) is 0 Å². The number of carbonyl (C=O) groups is 1. The topological polar surface area (TPSA) is 38.3 Å². The number of carbonyl (C=O) groups excluding carboxylic acids is 1. The van der Waals surface area contributed by atoms with Gasteiger partial charge in [0.1, 0.15) is 0 Å². The highest BCUT2D eigenvalue weighted by Crippen LogP contribution is 2.00. The molecule has 0 aromatic heterocycles. The Labute approximate surface area is 92.9 Å². The summed E-state index contributed by atoms with van der Waals surface area (Å²) in [6.45, 7) is 9.07. The zero-order valence-electron chi connectivity index (χ0n) is 9.92. The minimum atomic E-state index is -0.0788. The van der Waals surface area contributed by atoms with E-state index in [9.17, 15) is 4.79 Å². The van der Waals surface area contributed by atoms with E-state index in [2.05, 4.69) is 18.8 Å². The van der Waals surface area contributed by atoms with E-state index in [0.717, 1.165) is 25.8 Å². The minimum absolute atomic E-state index is 0.0788. The van der Waals surface area contributed by atoms with Crippen molar-refractivity contribution in [3.8, 4) is 0 Å². The number of rotatable bonds is 9. The summed E-state index contributed by atoms with van der Waals surface area (Å²) in [6.07, 6.45) is 5.51. The summed E-state index contributed by atoms with van der Waals surface area (Å²) in [7, 11) is 0. The van der Waals surface area contributed by atoms with E-state index in [1.807, 2.05) is 13.0 Å². The van der Waals surface area contributed by atoms with Gasteiger partial charge in [-0.05, 0) is 33.2 Å². The largest absolute Gasteiger partial charge is 0.466 e. The van der Waals surface area contributed by atoms with Gasteiger partial charge < -0.3 is 10.1 Å². The van der Waals surface area contributed by atoms with Crippen LogP contribution in [-0.2, 0) is 9.53 Å². The molecule has 0 saturated carbocycles. The molecule has 0 radical (unpaired) electrons. The fourth-order valence-electron chi connectivity index (χ4n) is 1.22. The maximum Gasteiger partial charge on any atom is 0.305 e. The van der Waals surface area contributed by atoms with Crippen molar-refractivity contribution in [3.05, 3.63) is 12.7 Å². The minimum Gasteiger partial charge on any atom is -0.466 e. The van der Waals surface area contributed by atoms with E-state index in [-0.39, 0.29) is 5.97 Å². The molecular weight excluding hydrogens is 190 g/mol. The molecule has 0 aliphatic heterocycles. The SMILES string of the molecule is C=CC(C)NCCCCCC(=O)OCC. The molecule has 0 saturated heterocycles. The third kappa shape index (κ3) is 9.47. The maximum atomic E-state index is 11.0. The van der Waals surface area contributed by atoms with Crippen molar-refractivity contribution in [1.29, 1.82) is 0 Å². The van der Waals surface area contributed by atoms with Crippen molar-refractivity contribution in [1.82, 2.24) is 5.32 Å². The van der Waals surface area contributed by atoms with Crippen LogP contribution in [0.1, 0.15) is 39.5 Å². The zero-order chi connectivity index (χ0) is 11.5. The van der Waals surface area contributed by atoms with Gasteiger partial charge in [0, 0.05) is 12.5 Å². The third-order valence-corrected chi connectivity index (χ3v) is 2.18. The Hall–Kier alpha value is -0.830. The van der Waals surface area contributed by atoms with Crippen LogP contribution >= 0.6 is 0 Å². The lowest BCUT2D eigenvalue weighted by Crippen LogP contribution is -2.24. The molecule has 1 unspecified atom stereocenters. The summed E-state index contributed by atoms with van der Waals surface area (Å²) < 4.78 is 4.84. The van der Waals surface area contributed by atoms with Gasteiger partial charge in [-0.25, -0.2) is 0 Å². The van der Waals surface area contributed by atoms with Crippen molar-refractivity contribution >= 4 is 5.97 Å². The monoisotopic (exact) mass is 213 g/mol. The first kappa shape index (κ1) is 14.2. The number of nitrogens with one attached hydrogen (secondary N) is 1. The summed E-state index contributed by atoms with van der Waals surface area (Å²) in [4.78, 5) is 11.0. The maximum absolute atomic E-state index is 11.0. The van der Waals surface area contributed by atoms with E-state index in [1.165, 1.54) is 0 Å². The number of hydrogen-bond acceptors (Lipinski definition) is 3. The van der Waals surface area contributed by atoms with Crippen LogP contribution in [0.15, 0.2) is 12.7 Å². The van der Waals surface area contributed by atoms with E-state index in [4.69, 9.17) is 4.74 Å². The molecule has 0 aliphatic carbocycles. The molecule has 0 spiro atoms. The van der Waals surface area contributed by atoms with Gasteiger partial charge in [-0.3, -0.25) is 4.79 Å². The molecular formula is C12H23NO2. The Morgan fingerprint density at radius 2 is 2.20 bits per heavy atom. The van der Waals surface area contributed by atoms with Crippen molar-refractivity contribution in [2.45, 2.75) is 45.6 Å². The standard InChI is InChI=1S/C12H23NO2/c1-4-11(3)13-10-8-6-7-9-12(14)15-5-2/h4,11,13H,1,5-10H2,2-3H3. The first-order valence-corrected chi connectivity index (χ1v) is 5.72. The Bertz CT molecular complexity index is 180. The van der Waals surface area contributed by atoms with Gasteiger partial charge in [0.25, 0.3) is 0 Å². The fourth-order valence-corrected chi connectivity index (χ4v) is 1.22. The highest BCUT2D eigenvalue weighted by atomic mass is 16.5. The molecule has 1 N–H and O–H groups in total. The van der Waals surface area contributed by atoms with Gasteiger partial charge in [0.05, 0.1) is 6.61 Å². The molecule has 0 aromatic rings. The first-order valence-electron chi connectivity index (χ1n) is 5.72. The van der Waals surface area contributed by atoms with Crippen LogP contribution in [0.2, 0.25) is 0 Å². The molecule has 15 heavy (non-hydrogen) atoms. The molecule has 0 aliphatic rings. The number of hydrogen-bond donors (Lipinski definition) is 1. The van der Waals surface area contributed by atoms with Gasteiger partial charge in [-0.15, -0.1) is 6.58 Å². The van der Waals surface area contributed by atoms with Crippen LogP contribution in [0.5, 0.6) is 0 Å². The lowest BCUT2D eigenvalue weighted by atomic mass is 10.2. The van der Waals surface area contributed by atoms with E-state index in [1.54, 1.807) is 0 Å².